The van der Waals surface area contributed by atoms with Crippen LogP contribution >= 0.6 is 0 Å². The van der Waals surface area contributed by atoms with Crippen LogP contribution in [-0.4, -0.2) is 15.2 Å². The second-order valence-corrected chi connectivity index (χ2v) is 6.68. The van der Waals surface area contributed by atoms with Gasteiger partial charge in [-0.3, -0.25) is 5.10 Å². The number of nitrogens with zero attached hydrogens (tertiary/aromatic N) is 2. The van der Waals surface area contributed by atoms with Crippen molar-refractivity contribution in [3.63, 3.8) is 0 Å². The highest BCUT2D eigenvalue weighted by Crippen LogP contribution is 2.40. The quantitative estimate of drug-likeness (QED) is 0.530. The SMILES string of the molecule is CC(Nc1cc(Nc2cc(C3CC3)[nH]n2)c(N)cn1)c1ccc(F)cc1. The van der Waals surface area contributed by atoms with Crippen LogP contribution in [0.3, 0.4) is 0 Å². The number of nitrogens with two attached hydrogens (primary N) is 1. The normalized spacial score (nSPS) is 14.8. The van der Waals surface area contributed by atoms with Crippen molar-refractivity contribution < 1.29 is 4.39 Å². The minimum absolute atomic E-state index is 0.0218. The highest BCUT2D eigenvalue weighted by molar-refractivity contribution is 5.73. The lowest BCUT2D eigenvalue weighted by Gasteiger charge is -2.16. The molecule has 1 aliphatic carbocycles. The largest absolute Gasteiger partial charge is 0.396 e. The van der Waals surface area contributed by atoms with Gasteiger partial charge >= 0.3 is 0 Å². The molecule has 0 saturated heterocycles. The molecule has 0 amide bonds. The maximum atomic E-state index is 13.1. The molecule has 1 unspecified atom stereocenters. The summed E-state index contributed by atoms with van der Waals surface area (Å²) >= 11 is 0. The number of hydrogen-bond donors (Lipinski definition) is 4. The molecule has 7 heteroatoms. The Balaban J connectivity index is 1.48. The fourth-order valence-electron chi connectivity index (χ4n) is 2.85. The van der Waals surface area contributed by atoms with E-state index in [4.69, 9.17) is 5.73 Å². The molecular formula is C19H21FN6. The van der Waals surface area contributed by atoms with Crippen LogP contribution < -0.4 is 16.4 Å². The summed E-state index contributed by atoms with van der Waals surface area (Å²) in [5, 5.41) is 13.9. The van der Waals surface area contributed by atoms with Crippen LogP contribution in [0.5, 0.6) is 0 Å². The van der Waals surface area contributed by atoms with Crippen LogP contribution in [0, 0.1) is 5.82 Å². The van der Waals surface area contributed by atoms with Crippen LogP contribution in [0.2, 0.25) is 0 Å². The molecule has 1 atom stereocenters. The molecule has 0 bridgehead atoms. The maximum absolute atomic E-state index is 13.1. The topological polar surface area (TPSA) is 91.6 Å². The first-order valence-corrected chi connectivity index (χ1v) is 8.68. The molecule has 3 aromatic rings. The van der Waals surface area contributed by atoms with Crippen LogP contribution in [-0.2, 0) is 0 Å². The molecule has 1 aliphatic rings. The Morgan fingerprint density at radius 1 is 1.19 bits per heavy atom. The van der Waals surface area contributed by atoms with Gasteiger partial charge in [-0.05, 0) is 37.5 Å². The van der Waals surface area contributed by atoms with Gasteiger partial charge in [0, 0.05) is 29.8 Å². The number of nitrogens with one attached hydrogen (secondary N) is 3. The number of H-pyrrole nitrogens is 1. The van der Waals surface area contributed by atoms with E-state index in [2.05, 4.69) is 25.8 Å². The third-order valence-electron chi connectivity index (χ3n) is 4.55. The number of aromatic amines is 1. The Morgan fingerprint density at radius 3 is 2.69 bits per heavy atom. The summed E-state index contributed by atoms with van der Waals surface area (Å²) in [5.41, 5.74) is 9.45. The van der Waals surface area contributed by atoms with Crippen molar-refractivity contribution in [2.24, 2.45) is 0 Å². The number of halogens is 1. The van der Waals surface area contributed by atoms with Crippen molar-refractivity contribution in [3.05, 3.63) is 59.7 Å². The van der Waals surface area contributed by atoms with Gasteiger partial charge in [-0.25, -0.2) is 9.37 Å². The molecule has 26 heavy (non-hydrogen) atoms. The number of pyridine rings is 1. The van der Waals surface area contributed by atoms with Gasteiger partial charge in [-0.15, -0.1) is 0 Å². The molecule has 0 radical (unpaired) electrons. The Morgan fingerprint density at radius 2 is 1.96 bits per heavy atom. The van der Waals surface area contributed by atoms with Crippen LogP contribution in [0.1, 0.15) is 43.0 Å². The second kappa shape index (κ2) is 6.67. The summed E-state index contributed by atoms with van der Waals surface area (Å²) in [4.78, 5) is 4.33. The molecule has 6 nitrogen and oxygen atoms in total. The van der Waals surface area contributed by atoms with E-state index in [0.29, 0.717) is 17.4 Å². The highest BCUT2D eigenvalue weighted by Gasteiger charge is 2.25. The molecule has 2 heterocycles. The van der Waals surface area contributed by atoms with Gasteiger partial charge in [0.1, 0.15) is 11.6 Å². The molecule has 2 aromatic heterocycles. The number of benzene rings is 1. The smallest absolute Gasteiger partial charge is 0.152 e. The zero-order chi connectivity index (χ0) is 18.1. The van der Waals surface area contributed by atoms with E-state index in [-0.39, 0.29) is 11.9 Å². The third-order valence-corrected chi connectivity index (χ3v) is 4.55. The lowest BCUT2D eigenvalue weighted by atomic mass is 10.1. The highest BCUT2D eigenvalue weighted by atomic mass is 19.1. The maximum Gasteiger partial charge on any atom is 0.152 e. The van der Waals surface area contributed by atoms with E-state index < -0.39 is 0 Å². The van der Waals surface area contributed by atoms with Crippen LogP contribution in [0.25, 0.3) is 0 Å². The number of nitrogen functional groups attached to an aromatic ring is 1. The number of aromatic nitrogens is 3. The van der Waals surface area contributed by atoms with Crippen LogP contribution in [0.4, 0.5) is 27.4 Å². The predicted octanol–water partition coefficient (Wildman–Crippen LogP) is 4.32. The summed E-state index contributed by atoms with van der Waals surface area (Å²) < 4.78 is 13.1. The van der Waals surface area contributed by atoms with E-state index in [9.17, 15) is 4.39 Å². The van der Waals surface area contributed by atoms with Gasteiger partial charge in [0.05, 0.1) is 17.6 Å². The van der Waals surface area contributed by atoms with E-state index in [1.165, 1.54) is 25.0 Å². The Kier molecular flexibility index (Phi) is 4.20. The summed E-state index contributed by atoms with van der Waals surface area (Å²) in [6, 6.07) is 10.3. The monoisotopic (exact) mass is 352 g/mol. The zero-order valence-corrected chi connectivity index (χ0v) is 14.5. The Hall–Kier alpha value is -3.09. The van der Waals surface area contributed by atoms with Crippen molar-refractivity contribution >= 4 is 23.0 Å². The number of hydrogen-bond acceptors (Lipinski definition) is 5. The second-order valence-electron chi connectivity index (χ2n) is 6.68. The fraction of sp³-hybridized carbons (Fsp3) is 0.263. The van der Waals surface area contributed by atoms with Crippen molar-refractivity contribution in [1.29, 1.82) is 0 Å². The third kappa shape index (κ3) is 3.61. The lowest BCUT2D eigenvalue weighted by Crippen LogP contribution is -2.09. The Labute approximate surface area is 151 Å². The van der Waals surface area contributed by atoms with E-state index in [1.807, 2.05) is 19.1 Å². The first kappa shape index (κ1) is 16.4. The summed E-state index contributed by atoms with van der Waals surface area (Å²) in [7, 11) is 0. The van der Waals surface area contributed by atoms with Gasteiger partial charge in [-0.2, -0.15) is 5.10 Å². The standard InChI is InChI=1S/C19H21FN6/c1-11(12-4-6-14(20)7-5-12)23-18-9-17(15(21)10-22-18)24-19-8-16(25-26-19)13-2-3-13/h4-11,13H,2-3,21H2,1H3,(H3,22,23,24,25,26). The van der Waals surface area contributed by atoms with Crippen molar-refractivity contribution in [2.75, 3.05) is 16.4 Å². The summed E-state index contributed by atoms with van der Waals surface area (Å²) in [5.74, 6) is 1.78. The molecular weight excluding hydrogens is 331 g/mol. The van der Waals surface area contributed by atoms with Crippen molar-refractivity contribution in [1.82, 2.24) is 15.2 Å². The first-order chi connectivity index (χ1) is 12.6. The van der Waals surface area contributed by atoms with E-state index in [1.54, 1.807) is 18.3 Å². The van der Waals surface area contributed by atoms with Gasteiger partial charge in [0.25, 0.3) is 0 Å². The molecule has 1 fully saturated rings. The molecule has 0 spiro atoms. The molecule has 134 valence electrons. The van der Waals surface area contributed by atoms with Crippen LogP contribution in [0.15, 0.2) is 42.6 Å². The Bertz CT molecular complexity index is 901. The van der Waals surface area contributed by atoms with Gasteiger partial charge < -0.3 is 16.4 Å². The molecule has 4 rings (SSSR count). The predicted molar refractivity (Wildman–Crippen MR) is 101 cm³/mol. The average molecular weight is 352 g/mol. The van der Waals surface area contributed by atoms with E-state index >= 15 is 0 Å². The fourth-order valence-corrected chi connectivity index (χ4v) is 2.85. The summed E-state index contributed by atoms with van der Waals surface area (Å²) in [6.45, 7) is 1.99. The summed E-state index contributed by atoms with van der Waals surface area (Å²) in [6.07, 6.45) is 4.04. The molecule has 1 aromatic carbocycles. The zero-order valence-electron chi connectivity index (χ0n) is 14.5. The van der Waals surface area contributed by atoms with E-state index in [0.717, 1.165) is 22.8 Å². The molecule has 0 aliphatic heterocycles. The minimum Gasteiger partial charge on any atom is -0.396 e. The number of anilines is 4. The molecule has 1 saturated carbocycles. The lowest BCUT2D eigenvalue weighted by molar-refractivity contribution is 0.626. The minimum atomic E-state index is -0.248. The van der Waals surface area contributed by atoms with Gasteiger partial charge in [0.2, 0.25) is 0 Å². The van der Waals surface area contributed by atoms with Crippen molar-refractivity contribution in [2.45, 2.75) is 31.7 Å². The number of rotatable bonds is 6. The van der Waals surface area contributed by atoms with Gasteiger partial charge in [0.15, 0.2) is 5.82 Å². The molecule has 5 N–H and O–H groups in total. The van der Waals surface area contributed by atoms with Crippen molar-refractivity contribution in [3.8, 4) is 0 Å². The van der Waals surface area contributed by atoms with Gasteiger partial charge in [-0.1, -0.05) is 12.1 Å². The first-order valence-electron chi connectivity index (χ1n) is 8.68. The average Bonchev–Trinajstić information content (AvgIpc) is 3.38.